The third kappa shape index (κ3) is 5.82. The Balaban J connectivity index is 1.37. The van der Waals surface area contributed by atoms with Crippen LogP contribution in [0.4, 0.5) is 16.3 Å². The molecule has 1 N–H and O–H groups in total. The van der Waals surface area contributed by atoms with E-state index in [0.717, 1.165) is 12.8 Å². The minimum atomic E-state index is -3.87. The first-order valence-corrected chi connectivity index (χ1v) is 15.9. The van der Waals surface area contributed by atoms with E-state index >= 15 is 0 Å². The number of carbonyl (C=O) groups is 1. The molecule has 0 spiro atoms. The van der Waals surface area contributed by atoms with Gasteiger partial charge < -0.3 is 14.4 Å². The Bertz CT molecular complexity index is 1680. The minimum absolute atomic E-state index is 0.0520. The Hall–Kier alpha value is -4.35. The van der Waals surface area contributed by atoms with Crippen LogP contribution >= 0.6 is 0 Å². The van der Waals surface area contributed by atoms with Crippen LogP contribution in [0.3, 0.4) is 0 Å². The van der Waals surface area contributed by atoms with Crippen molar-refractivity contribution in [2.75, 3.05) is 30.0 Å². The molecule has 6 rings (SSSR count). The van der Waals surface area contributed by atoms with Crippen LogP contribution in [0.1, 0.15) is 38.3 Å². The zero-order valence-corrected chi connectivity index (χ0v) is 24.7. The topological polar surface area (TPSA) is 124 Å². The van der Waals surface area contributed by atoms with Gasteiger partial charge in [0, 0.05) is 30.1 Å². The van der Waals surface area contributed by atoms with Gasteiger partial charge in [-0.25, -0.2) is 28.2 Å². The lowest BCUT2D eigenvalue weighted by atomic mass is 10.0. The number of nitrogens with zero attached hydrogens (tertiary/aromatic N) is 4. The third-order valence-electron chi connectivity index (χ3n) is 8.02. The highest BCUT2D eigenvalue weighted by atomic mass is 32.2. The third-order valence-corrected chi connectivity index (χ3v) is 10.5. The molecule has 1 saturated carbocycles. The van der Waals surface area contributed by atoms with Crippen LogP contribution in [-0.2, 0) is 19.3 Å². The minimum Gasteiger partial charge on any atom is -0.410 e. The van der Waals surface area contributed by atoms with E-state index in [9.17, 15) is 13.2 Å². The maximum atomic E-state index is 14.2. The molecule has 0 bridgehead atoms. The van der Waals surface area contributed by atoms with Crippen LogP contribution in [0.15, 0.2) is 90.1 Å². The van der Waals surface area contributed by atoms with Gasteiger partial charge in [0.1, 0.15) is 16.3 Å². The fourth-order valence-electron chi connectivity index (χ4n) is 5.77. The van der Waals surface area contributed by atoms with Crippen LogP contribution < -0.4 is 15.0 Å². The van der Waals surface area contributed by atoms with Gasteiger partial charge in [0.25, 0.3) is 0 Å². The molecule has 0 radical (unpaired) electrons. The molecule has 1 saturated heterocycles. The van der Waals surface area contributed by atoms with E-state index in [0.29, 0.717) is 66.9 Å². The van der Waals surface area contributed by atoms with Crippen molar-refractivity contribution >= 4 is 27.4 Å². The predicted octanol–water partition coefficient (Wildman–Crippen LogP) is 5.62. The molecule has 2 aromatic carbocycles. The summed E-state index contributed by atoms with van der Waals surface area (Å²) in [5.41, 5.74) is 1.70. The molecule has 1 amide bonds. The second-order valence-corrected chi connectivity index (χ2v) is 13.0. The van der Waals surface area contributed by atoms with Crippen LogP contribution in [0.5, 0.6) is 5.75 Å². The van der Waals surface area contributed by atoms with Crippen LogP contribution in [0.25, 0.3) is 11.4 Å². The summed E-state index contributed by atoms with van der Waals surface area (Å²) in [6, 6.07) is 22.8. The highest BCUT2D eigenvalue weighted by Crippen LogP contribution is 2.48. The number of morpholine rings is 1. The molecule has 2 aromatic heterocycles. The number of hydrogen-bond acceptors (Lipinski definition) is 9. The molecule has 1 atom stereocenters. The molecule has 11 heteroatoms. The summed E-state index contributed by atoms with van der Waals surface area (Å²) < 4.78 is 38.2. The molecule has 43 heavy (non-hydrogen) atoms. The van der Waals surface area contributed by atoms with E-state index in [1.807, 2.05) is 12.1 Å². The first kappa shape index (κ1) is 28.8. The second kappa shape index (κ2) is 12.1. The number of sulfone groups is 1. The van der Waals surface area contributed by atoms with Gasteiger partial charge in [-0.3, -0.25) is 5.32 Å². The number of carbonyl (C=O) groups excluding carboxylic acids is 1. The van der Waals surface area contributed by atoms with Crippen molar-refractivity contribution in [2.45, 2.75) is 48.4 Å². The summed E-state index contributed by atoms with van der Waals surface area (Å²) in [5.74, 6) is 1.51. The summed E-state index contributed by atoms with van der Waals surface area (Å²) in [5, 5.41) is 2.78. The predicted molar refractivity (Wildman–Crippen MR) is 163 cm³/mol. The largest absolute Gasteiger partial charge is 0.417 e. The van der Waals surface area contributed by atoms with Gasteiger partial charge in [-0.2, -0.15) is 0 Å². The molecule has 222 valence electrons. The van der Waals surface area contributed by atoms with Gasteiger partial charge in [-0.05, 0) is 68.3 Å². The van der Waals surface area contributed by atoms with E-state index in [2.05, 4.69) is 22.1 Å². The highest BCUT2D eigenvalue weighted by Gasteiger charge is 2.50. The monoisotopic (exact) mass is 599 g/mol. The van der Waals surface area contributed by atoms with Crippen molar-refractivity contribution in [3.8, 4) is 17.1 Å². The van der Waals surface area contributed by atoms with Crippen molar-refractivity contribution in [2.24, 2.45) is 0 Å². The molecule has 3 heterocycles. The fourth-order valence-corrected chi connectivity index (χ4v) is 7.83. The Kier molecular flexibility index (Phi) is 8.09. The number of para-hydroxylation sites is 1. The highest BCUT2D eigenvalue weighted by molar-refractivity contribution is 7.92. The fraction of sp³-hybridized carbons (Fsp3) is 0.312. The quantitative estimate of drug-likeness (QED) is 0.288. The van der Waals surface area contributed by atoms with Gasteiger partial charge >= 0.3 is 6.09 Å². The Labute approximate surface area is 251 Å². The Morgan fingerprint density at radius 2 is 1.74 bits per heavy atom. The first-order valence-electron chi connectivity index (χ1n) is 14.4. The summed E-state index contributed by atoms with van der Waals surface area (Å²) >= 11 is 0. The molecule has 10 nitrogen and oxygen atoms in total. The van der Waals surface area contributed by atoms with E-state index in [1.54, 1.807) is 66.7 Å². The van der Waals surface area contributed by atoms with E-state index < -0.39 is 20.7 Å². The average molecular weight is 600 g/mol. The number of pyridine rings is 1. The normalized spacial score (nSPS) is 18.3. The summed E-state index contributed by atoms with van der Waals surface area (Å²) in [4.78, 5) is 28.6. The lowest BCUT2D eigenvalue weighted by molar-refractivity contribution is 0.0985. The molecular formula is C32H33N5O5S. The molecule has 1 aliphatic carbocycles. The Morgan fingerprint density at radius 3 is 2.44 bits per heavy atom. The lowest BCUT2D eigenvalue weighted by Gasteiger charge is -2.35. The number of benzene rings is 2. The average Bonchev–Trinajstić information content (AvgIpc) is 3.55. The van der Waals surface area contributed by atoms with Gasteiger partial charge in [-0.15, -0.1) is 0 Å². The number of anilines is 2. The van der Waals surface area contributed by atoms with Gasteiger partial charge in [0.05, 0.1) is 24.9 Å². The SMILES string of the molecule is C[C@H]1COCCN1c1cc(C2(S(=O)(=O)c3ccccn3)CCCC2)nc(-c2ccc(NC(=O)Oc3ccccc3)cc2)n1. The van der Waals surface area contributed by atoms with Crippen LogP contribution in [0.2, 0.25) is 0 Å². The maximum Gasteiger partial charge on any atom is 0.417 e. The van der Waals surface area contributed by atoms with Crippen molar-refractivity contribution < 1.29 is 22.7 Å². The number of aromatic nitrogens is 3. The standard InChI is InChI=1S/C32H33N5O5S/c1-23-22-41-20-19-37(23)28-21-27(32(16-6-7-17-32)43(39,40)29-11-5-8-18-33-29)35-30(36-28)24-12-14-25(15-13-24)34-31(38)42-26-9-3-2-4-10-26/h2-5,8-15,18,21,23H,6-7,16-17,19-20,22H2,1H3,(H,34,38)/t23-/m0/s1. The van der Waals surface area contributed by atoms with Crippen LogP contribution in [-0.4, -0.2) is 55.3 Å². The van der Waals surface area contributed by atoms with Crippen molar-refractivity contribution in [3.05, 3.63) is 90.8 Å². The summed E-state index contributed by atoms with van der Waals surface area (Å²) in [6.45, 7) is 3.79. The number of amides is 1. The second-order valence-electron chi connectivity index (χ2n) is 10.8. The van der Waals surface area contributed by atoms with Crippen LogP contribution in [0, 0.1) is 0 Å². The van der Waals surface area contributed by atoms with Gasteiger partial charge in [-0.1, -0.05) is 37.1 Å². The van der Waals surface area contributed by atoms with Gasteiger partial charge in [0.2, 0.25) is 9.84 Å². The zero-order chi connectivity index (χ0) is 29.9. The first-order chi connectivity index (χ1) is 20.9. The van der Waals surface area contributed by atoms with Crippen molar-refractivity contribution in [1.82, 2.24) is 15.0 Å². The molecular weight excluding hydrogens is 566 g/mol. The smallest absolute Gasteiger partial charge is 0.410 e. The molecule has 2 fully saturated rings. The van der Waals surface area contributed by atoms with E-state index in [-0.39, 0.29) is 11.1 Å². The van der Waals surface area contributed by atoms with E-state index in [1.165, 1.54) is 6.20 Å². The Morgan fingerprint density at radius 1 is 1.00 bits per heavy atom. The molecule has 4 aromatic rings. The maximum absolute atomic E-state index is 14.2. The van der Waals surface area contributed by atoms with Gasteiger partial charge in [0.15, 0.2) is 10.9 Å². The van der Waals surface area contributed by atoms with Crippen molar-refractivity contribution in [3.63, 3.8) is 0 Å². The summed E-state index contributed by atoms with van der Waals surface area (Å²) in [6.07, 6.45) is 3.35. The molecule has 1 aliphatic heterocycles. The lowest BCUT2D eigenvalue weighted by Crippen LogP contribution is -2.44. The zero-order valence-electron chi connectivity index (χ0n) is 23.8. The van der Waals surface area contributed by atoms with E-state index in [4.69, 9.17) is 19.4 Å². The molecule has 0 unspecified atom stereocenters. The van der Waals surface area contributed by atoms with Crippen molar-refractivity contribution in [1.29, 1.82) is 0 Å². The summed E-state index contributed by atoms with van der Waals surface area (Å²) in [7, 11) is -3.87. The number of ether oxygens (including phenoxy) is 2. The number of rotatable bonds is 7. The number of hydrogen-bond donors (Lipinski definition) is 1. The molecule has 2 aliphatic rings. The number of nitrogens with one attached hydrogen (secondary N) is 1.